The summed E-state index contributed by atoms with van der Waals surface area (Å²) in [5, 5.41) is 1.04. The van der Waals surface area contributed by atoms with Crippen LogP contribution < -0.4 is 0 Å². The Morgan fingerprint density at radius 1 is 1.41 bits per heavy atom. The number of aryl methyl sites for hydroxylation is 1. The first kappa shape index (κ1) is 15.2. The van der Waals surface area contributed by atoms with Gasteiger partial charge in [-0.05, 0) is 47.3 Å². The van der Waals surface area contributed by atoms with Gasteiger partial charge in [0.2, 0.25) is 0 Å². The molecular formula is C12H17Br2NOS. The number of hydrogen-bond donors (Lipinski definition) is 0. The number of halogens is 2. The van der Waals surface area contributed by atoms with Crippen LogP contribution in [0.4, 0.5) is 0 Å². The molecule has 0 radical (unpaired) electrons. The monoisotopic (exact) mass is 381 g/mol. The SMILES string of the molecule is Cc1cc(C(=O)N(C)CCCCCBr)sc1Br. The number of alkyl halides is 1. The van der Waals surface area contributed by atoms with Crippen molar-refractivity contribution >= 4 is 49.1 Å². The lowest BCUT2D eigenvalue weighted by atomic mass is 10.2. The lowest BCUT2D eigenvalue weighted by molar-refractivity contribution is 0.0797. The normalized spacial score (nSPS) is 10.6. The molecule has 0 unspecified atom stereocenters. The van der Waals surface area contributed by atoms with E-state index in [1.807, 2.05) is 24.9 Å². The summed E-state index contributed by atoms with van der Waals surface area (Å²) in [4.78, 5) is 14.7. The lowest BCUT2D eigenvalue weighted by Crippen LogP contribution is -2.27. The van der Waals surface area contributed by atoms with Gasteiger partial charge < -0.3 is 4.90 Å². The molecule has 0 N–H and O–H groups in total. The van der Waals surface area contributed by atoms with Crippen molar-refractivity contribution < 1.29 is 4.79 Å². The Hall–Kier alpha value is 0.130. The molecule has 1 heterocycles. The first-order valence-corrected chi connectivity index (χ1v) is 8.36. The highest BCUT2D eigenvalue weighted by Gasteiger charge is 2.14. The Labute approximate surface area is 124 Å². The first-order chi connectivity index (χ1) is 8.06. The fraction of sp³-hybridized carbons (Fsp3) is 0.583. The summed E-state index contributed by atoms with van der Waals surface area (Å²) in [6.07, 6.45) is 3.40. The van der Waals surface area contributed by atoms with Crippen molar-refractivity contribution in [3.63, 3.8) is 0 Å². The van der Waals surface area contributed by atoms with E-state index in [0.29, 0.717) is 0 Å². The standard InChI is InChI=1S/C12H17Br2NOS/c1-9-8-10(17-11(9)14)12(16)15(2)7-5-3-4-6-13/h8H,3-7H2,1-2H3. The predicted octanol–water partition coefficient (Wildman–Crippen LogP) is 4.46. The summed E-state index contributed by atoms with van der Waals surface area (Å²) in [6.45, 7) is 2.84. The molecule has 0 atom stereocenters. The molecule has 0 fully saturated rings. The number of amides is 1. The topological polar surface area (TPSA) is 20.3 Å². The van der Waals surface area contributed by atoms with Crippen LogP contribution in [0.25, 0.3) is 0 Å². The zero-order valence-corrected chi connectivity index (χ0v) is 14.1. The molecule has 5 heteroatoms. The average molecular weight is 383 g/mol. The Morgan fingerprint density at radius 2 is 2.12 bits per heavy atom. The molecule has 1 aromatic heterocycles. The van der Waals surface area contributed by atoms with Crippen molar-refractivity contribution in [3.8, 4) is 0 Å². The van der Waals surface area contributed by atoms with Crippen LogP contribution in [0.15, 0.2) is 9.85 Å². The molecule has 0 bridgehead atoms. The number of nitrogens with zero attached hydrogens (tertiary/aromatic N) is 1. The second kappa shape index (κ2) is 7.54. The quantitative estimate of drug-likeness (QED) is 0.525. The van der Waals surface area contributed by atoms with Crippen LogP contribution in [0.1, 0.15) is 34.5 Å². The van der Waals surface area contributed by atoms with Gasteiger partial charge in [-0.2, -0.15) is 0 Å². The van der Waals surface area contributed by atoms with Gasteiger partial charge in [-0.15, -0.1) is 11.3 Å². The van der Waals surface area contributed by atoms with Crippen molar-refractivity contribution in [2.75, 3.05) is 18.9 Å². The van der Waals surface area contributed by atoms with Crippen LogP contribution in [0.2, 0.25) is 0 Å². The van der Waals surface area contributed by atoms with Gasteiger partial charge in [0.1, 0.15) is 0 Å². The highest BCUT2D eigenvalue weighted by Crippen LogP contribution is 2.28. The molecule has 1 amide bonds. The number of unbranched alkanes of at least 4 members (excludes halogenated alkanes) is 2. The summed E-state index contributed by atoms with van der Waals surface area (Å²) in [5.41, 5.74) is 1.13. The summed E-state index contributed by atoms with van der Waals surface area (Å²) >= 11 is 8.37. The maximum atomic E-state index is 12.1. The van der Waals surface area contributed by atoms with Gasteiger partial charge >= 0.3 is 0 Å². The Kier molecular flexibility index (Phi) is 6.74. The van der Waals surface area contributed by atoms with E-state index in [4.69, 9.17) is 0 Å². The highest BCUT2D eigenvalue weighted by molar-refractivity contribution is 9.11. The molecule has 0 aromatic carbocycles. The number of rotatable bonds is 6. The molecule has 0 saturated carbocycles. The van der Waals surface area contributed by atoms with Crippen molar-refractivity contribution in [2.45, 2.75) is 26.2 Å². The maximum Gasteiger partial charge on any atom is 0.263 e. The molecule has 0 aliphatic rings. The first-order valence-electron chi connectivity index (χ1n) is 5.63. The van der Waals surface area contributed by atoms with Crippen molar-refractivity contribution in [1.29, 1.82) is 0 Å². The van der Waals surface area contributed by atoms with Gasteiger partial charge in [-0.25, -0.2) is 0 Å². The Balaban J connectivity index is 2.46. The van der Waals surface area contributed by atoms with Crippen LogP contribution in [0.3, 0.4) is 0 Å². The smallest absolute Gasteiger partial charge is 0.263 e. The Morgan fingerprint density at radius 3 is 2.65 bits per heavy atom. The van der Waals surface area contributed by atoms with E-state index in [9.17, 15) is 4.79 Å². The molecule has 17 heavy (non-hydrogen) atoms. The molecule has 96 valence electrons. The third-order valence-corrected chi connectivity index (χ3v) is 5.23. The van der Waals surface area contributed by atoms with E-state index in [0.717, 1.165) is 38.9 Å². The van der Waals surface area contributed by atoms with Crippen molar-refractivity contribution in [2.24, 2.45) is 0 Å². The molecule has 0 spiro atoms. The molecule has 2 nitrogen and oxygen atoms in total. The van der Waals surface area contributed by atoms with E-state index >= 15 is 0 Å². The van der Waals surface area contributed by atoms with E-state index in [-0.39, 0.29) is 5.91 Å². The van der Waals surface area contributed by atoms with Gasteiger partial charge in [-0.1, -0.05) is 22.4 Å². The molecule has 1 aromatic rings. The minimum atomic E-state index is 0.127. The van der Waals surface area contributed by atoms with Crippen LogP contribution in [-0.4, -0.2) is 29.7 Å². The molecule has 0 aliphatic heterocycles. The van der Waals surface area contributed by atoms with Crippen LogP contribution >= 0.6 is 43.2 Å². The van der Waals surface area contributed by atoms with Gasteiger partial charge in [0.05, 0.1) is 8.66 Å². The minimum Gasteiger partial charge on any atom is -0.341 e. The second-order valence-corrected chi connectivity index (χ2v) is 7.21. The molecule has 1 rings (SSSR count). The third-order valence-electron chi connectivity index (χ3n) is 2.54. The fourth-order valence-electron chi connectivity index (χ4n) is 1.48. The van der Waals surface area contributed by atoms with Crippen molar-refractivity contribution in [3.05, 3.63) is 20.3 Å². The maximum absolute atomic E-state index is 12.1. The van der Waals surface area contributed by atoms with Crippen LogP contribution in [-0.2, 0) is 0 Å². The molecular weight excluding hydrogens is 366 g/mol. The zero-order valence-electron chi connectivity index (χ0n) is 10.1. The summed E-state index contributed by atoms with van der Waals surface area (Å²) in [6, 6.07) is 1.95. The van der Waals surface area contributed by atoms with E-state index < -0.39 is 0 Å². The largest absolute Gasteiger partial charge is 0.341 e. The number of hydrogen-bond acceptors (Lipinski definition) is 2. The lowest BCUT2D eigenvalue weighted by Gasteiger charge is -2.15. The van der Waals surface area contributed by atoms with Crippen molar-refractivity contribution in [1.82, 2.24) is 4.90 Å². The van der Waals surface area contributed by atoms with Crippen LogP contribution in [0, 0.1) is 6.92 Å². The van der Waals surface area contributed by atoms with Gasteiger partial charge in [0, 0.05) is 18.9 Å². The zero-order chi connectivity index (χ0) is 12.8. The number of thiophene rings is 1. The number of carbonyl (C=O) groups excluding carboxylic acids is 1. The Bertz CT molecular complexity index is 359. The molecule has 0 saturated heterocycles. The van der Waals surface area contributed by atoms with Crippen LogP contribution in [0.5, 0.6) is 0 Å². The van der Waals surface area contributed by atoms with Gasteiger partial charge in [0.15, 0.2) is 0 Å². The highest BCUT2D eigenvalue weighted by atomic mass is 79.9. The fourth-order valence-corrected chi connectivity index (χ4v) is 3.40. The van der Waals surface area contributed by atoms with E-state index in [1.54, 1.807) is 0 Å². The third kappa shape index (κ3) is 4.72. The second-order valence-electron chi connectivity index (χ2n) is 4.04. The predicted molar refractivity (Wildman–Crippen MR) is 81.4 cm³/mol. The average Bonchev–Trinajstić information content (AvgIpc) is 2.64. The van der Waals surface area contributed by atoms with E-state index in [2.05, 4.69) is 31.9 Å². The number of carbonyl (C=O) groups is 1. The molecule has 0 aliphatic carbocycles. The van der Waals surface area contributed by atoms with Gasteiger partial charge in [0.25, 0.3) is 5.91 Å². The minimum absolute atomic E-state index is 0.127. The summed E-state index contributed by atoms with van der Waals surface area (Å²) in [7, 11) is 1.87. The van der Waals surface area contributed by atoms with E-state index in [1.165, 1.54) is 17.8 Å². The van der Waals surface area contributed by atoms with Gasteiger partial charge in [-0.3, -0.25) is 4.79 Å². The summed E-state index contributed by atoms with van der Waals surface area (Å²) < 4.78 is 1.05. The summed E-state index contributed by atoms with van der Waals surface area (Å²) in [5.74, 6) is 0.127.